The van der Waals surface area contributed by atoms with Gasteiger partial charge in [0.05, 0.1) is 5.92 Å². The second-order valence-electron chi connectivity index (χ2n) is 6.02. The van der Waals surface area contributed by atoms with E-state index in [-0.39, 0.29) is 5.57 Å². The van der Waals surface area contributed by atoms with Crippen LogP contribution in [0.15, 0.2) is 23.8 Å². The molecule has 0 radical (unpaired) electrons. The lowest BCUT2D eigenvalue weighted by Crippen LogP contribution is -2.38. The highest BCUT2D eigenvalue weighted by molar-refractivity contribution is 5.91. The van der Waals surface area contributed by atoms with Crippen LogP contribution in [0.4, 0.5) is 0 Å². The van der Waals surface area contributed by atoms with Crippen LogP contribution in [0.5, 0.6) is 0 Å². The number of hydrogen-bond donors (Lipinski definition) is 2. The van der Waals surface area contributed by atoms with Crippen molar-refractivity contribution in [3.05, 3.63) is 23.8 Å². The maximum atomic E-state index is 11.4. The largest absolute Gasteiger partial charge is 0.481 e. The molecule has 0 fully saturated rings. The molecule has 1 aliphatic carbocycles. The van der Waals surface area contributed by atoms with Crippen LogP contribution in [0.1, 0.15) is 58.8 Å². The molecular formula is C17H26O4. The Balaban J connectivity index is 2.70. The molecule has 118 valence electrons. The highest BCUT2D eigenvalue weighted by Gasteiger charge is 2.44. The van der Waals surface area contributed by atoms with Gasteiger partial charge in [0.25, 0.3) is 0 Å². The fraction of sp³-hybridized carbons (Fsp3) is 0.647. The van der Waals surface area contributed by atoms with Crippen LogP contribution in [0, 0.1) is 11.3 Å². The van der Waals surface area contributed by atoms with E-state index in [1.54, 1.807) is 25.2 Å². The van der Waals surface area contributed by atoms with Crippen LogP contribution >= 0.6 is 0 Å². The number of allylic oxidation sites excluding steroid dienone is 2. The lowest BCUT2D eigenvalue weighted by atomic mass is 9.66. The first-order valence-electron chi connectivity index (χ1n) is 7.78. The zero-order chi connectivity index (χ0) is 15.9. The van der Waals surface area contributed by atoms with E-state index in [0.29, 0.717) is 6.42 Å². The van der Waals surface area contributed by atoms with Gasteiger partial charge in [-0.1, -0.05) is 70.6 Å². The normalized spacial score (nSPS) is 24.7. The zero-order valence-electron chi connectivity index (χ0n) is 13.0. The van der Waals surface area contributed by atoms with Gasteiger partial charge < -0.3 is 10.2 Å². The smallest absolute Gasteiger partial charge is 0.332 e. The fourth-order valence-electron chi connectivity index (χ4n) is 3.07. The van der Waals surface area contributed by atoms with Crippen LogP contribution in [0.25, 0.3) is 0 Å². The van der Waals surface area contributed by atoms with E-state index in [1.807, 2.05) is 0 Å². The van der Waals surface area contributed by atoms with Crippen molar-refractivity contribution in [1.82, 2.24) is 0 Å². The molecule has 0 aromatic rings. The number of rotatable bonds is 9. The van der Waals surface area contributed by atoms with Gasteiger partial charge in [0, 0.05) is 11.0 Å². The highest BCUT2D eigenvalue weighted by atomic mass is 16.4. The molecule has 2 N–H and O–H groups in total. The first kappa shape index (κ1) is 17.5. The fourth-order valence-corrected chi connectivity index (χ4v) is 3.07. The summed E-state index contributed by atoms with van der Waals surface area (Å²) in [6, 6.07) is 0. The monoisotopic (exact) mass is 294 g/mol. The van der Waals surface area contributed by atoms with Gasteiger partial charge >= 0.3 is 11.9 Å². The number of hydrogen-bond acceptors (Lipinski definition) is 2. The van der Waals surface area contributed by atoms with E-state index in [2.05, 4.69) is 6.92 Å². The third-order valence-corrected chi connectivity index (χ3v) is 4.41. The van der Waals surface area contributed by atoms with Crippen molar-refractivity contribution in [2.24, 2.45) is 11.3 Å². The van der Waals surface area contributed by atoms with E-state index >= 15 is 0 Å². The van der Waals surface area contributed by atoms with Crippen molar-refractivity contribution in [2.45, 2.75) is 58.8 Å². The molecule has 4 heteroatoms. The average Bonchev–Trinajstić information content (AvgIpc) is 2.42. The second kappa shape index (κ2) is 8.01. The van der Waals surface area contributed by atoms with Crippen LogP contribution in [-0.2, 0) is 9.59 Å². The molecule has 0 saturated carbocycles. The zero-order valence-corrected chi connectivity index (χ0v) is 13.0. The molecule has 2 unspecified atom stereocenters. The standard InChI is InChI=1S/C17H26O4/c1-3-4-5-6-7-8-12-17(2)13(15(18)19)10-9-11-14(17)16(20)21/h9-11,13H,3-8,12H2,1-2H3,(H,18,19)(H,20,21). The van der Waals surface area contributed by atoms with Crippen molar-refractivity contribution in [3.63, 3.8) is 0 Å². The Hall–Kier alpha value is -1.58. The first-order chi connectivity index (χ1) is 9.93. The summed E-state index contributed by atoms with van der Waals surface area (Å²) in [6.45, 7) is 3.93. The van der Waals surface area contributed by atoms with Gasteiger partial charge in [-0.25, -0.2) is 4.79 Å². The Kier molecular flexibility index (Phi) is 6.66. The second-order valence-corrected chi connectivity index (χ2v) is 6.02. The maximum Gasteiger partial charge on any atom is 0.332 e. The minimum atomic E-state index is -1.01. The van der Waals surface area contributed by atoms with Gasteiger partial charge in [0.1, 0.15) is 0 Å². The molecule has 21 heavy (non-hydrogen) atoms. The third kappa shape index (κ3) is 4.45. The molecule has 0 heterocycles. The Labute approximate surface area is 126 Å². The van der Waals surface area contributed by atoms with E-state index in [9.17, 15) is 19.8 Å². The summed E-state index contributed by atoms with van der Waals surface area (Å²) in [5, 5.41) is 18.7. The first-order valence-corrected chi connectivity index (χ1v) is 7.78. The predicted octanol–water partition coefficient (Wildman–Crippen LogP) is 4.02. The molecule has 0 aromatic heterocycles. The Morgan fingerprint density at radius 2 is 1.76 bits per heavy atom. The molecule has 0 amide bonds. The maximum absolute atomic E-state index is 11.4. The van der Waals surface area contributed by atoms with Crippen molar-refractivity contribution >= 4 is 11.9 Å². The van der Waals surface area contributed by atoms with Crippen LogP contribution in [-0.4, -0.2) is 22.2 Å². The topological polar surface area (TPSA) is 74.6 Å². The molecule has 1 rings (SSSR count). The molecular weight excluding hydrogens is 268 g/mol. The summed E-state index contributed by atoms with van der Waals surface area (Å²) in [4.78, 5) is 22.9. The van der Waals surface area contributed by atoms with Crippen LogP contribution in [0.2, 0.25) is 0 Å². The number of carboxylic acids is 2. The van der Waals surface area contributed by atoms with Crippen LogP contribution < -0.4 is 0 Å². The molecule has 1 aliphatic rings. The van der Waals surface area contributed by atoms with E-state index in [4.69, 9.17) is 0 Å². The SMILES string of the molecule is CCCCCCCCC1(C)C(C(=O)O)=CC=CC1C(=O)O. The quantitative estimate of drug-likeness (QED) is 0.630. The molecule has 0 aromatic carbocycles. The summed E-state index contributed by atoms with van der Waals surface area (Å²) in [6.07, 6.45) is 11.9. The van der Waals surface area contributed by atoms with Crippen molar-refractivity contribution in [1.29, 1.82) is 0 Å². The van der Waals surface area contributed by atoms with Gasteiger partial charge in [-0.15, -0.1) is 0 Å². The van der Waals surface area contributed by atoms with Crippen LogP contribution in [0.3, 0.4) is 0 Å². The lowest BCUT2D eigenvalue weighted by molar-refractivity contribution is -0.144. The van der Waals surface area contributed by atoms with Gasteiger partial charge in [-0.05, 0) is 6.42 Å². The Morgan fingerprint density at radius 3 is 2.33 bits per heavy atom. The van der Waals surface area contributed by atoms with Crippen molar-refractivity contribution < 1.29 is 19.8 Å². The average molecular weight is 294 g/mol. The molecule has 0 saturated heterocycles. The van der Waals surface area contributed by atoms with Crippen molar-refractivity contribution in [2.75, 3.05) is 0 Å². The van der Waals surface area contributed by atoms with E-state index < -0.39 is 23.3 Å². The number of carbonyl (C=O) groups is 2. The number of carboxylic acid groups (broad SMARTS) is 2. The molecule has 0 aliphatic heterocycles. The van der Waals surface area contributed by atoms with E-state index in [1.165, 1.54) is 19.3 Å². The van der Waals surface area contributed by atoms with Gasteiger partial charge in [0.2, 0.25) is 0 Å². The summed E-state index contributed by atoms with van der Waals surface area (Å²) in [5.74, 6) is -2.73. The minimum absolute atomic E-state index is 0.214. The minimum Gasteiger partial charge on any atom is -0.481 e. The number of unbranched alkanes of at least 4 members (excludes halogenated alkanes) is 5. The Morgan fingerprint density at radius 1 is 1.14 bits per heavy atom. The summed E-state index contributed by atoms with van der Waals surface area (Å²) >= 11 is 0. The molecule has 4 nitrogen and oxygen atoms in total. The molecule has 2 atom stereocenters. The van der Waals surface area contributed by atoms with Gasteiger partial charge in [-0.3, -0.25) is 4.79 Å². The lowest BCUT2D eigenvalue weighted by Gasteiger charge is -2.36. The van der Waals surface area contributed by atoms with Gasteiger partial charge in [0.15, 0.2) is 0 Å². The summed E-state index contributed by atoms with van der Waals surface area (Å²) < 4.78 is 0. The summed E-state index contributed by atoms with van der Waals surface area (Å²) in [5.41, 5.74) is -0.608. The third-order valence-electron chi connectivity index (χ3n) is 4.41. The molecule has 0 spiro atoms. The Bertz CT molecular complexity index is 436. The molecule has 0 bridgehead atoms. The van der Waals surface area contributed by atoms with Gasteiger partial charge in [-0.2, -0.15) is 0 Å². The predicted molar refractivity (Wildman–Crippen MR) is 82.1 cm³/mol. The van der Waals surface area contributed by atoms with E-state index in [0.717, 1.165) is 19.3 Å². The number of aliphatic carboxylic acids is 2. The highest BCUT2D eigenvalue weighted by Crippen LogP contribution is 2.44. The van der Waals surface area contributed by atoms with Crippen molar-refractivity contribution in [3.8, 4) is 0 Å². The summed E-state index contributed by atoms with van der Waals surface area (Å²) in [7, 11) is 0.